The van der Waals surface area contributed by atoms with Gasteiger partial charge in [0.15, 0.2) is 0 Å². The average Bonchev–Trinajstić information content (AvgIpc) is 3.59. The molecule has 222 valence electrons. The van der Waals surface area contributed by atoms with Crippen LogP contribution in [-0.2, 0) is 46.0 Å². The van der Waals surface area contributed by atoms with E-state index in [9.17, 15) is 14.7 Å². The summed E-state index contributed by atoms with van der Waals surface area (Å²) < 4.78 is 16.8. The van der Waals surface area contributed by atoms with Gasteiger partial charge in [0, 0.05) is 54.6 Å². The Hall–Kier alpha value is -3.79. The van der Waals surface area contributed by atoms with Crippen molar-refractivity contribution in [3.8, 4) is 11.1 Å². The number of hydrogen-bond donors (Lipinski definition) is 2. The van der Waals surface area contributed by atoms with Crippen LogP contribution in [0, 0.1) is 11.2 Å². The van der Waals surface area contributed by atoms with Gasteiger partial charge >= 0.3 is 0 Å². The second-order valence-electron chi connectivity index (χ2n) is 13.0. The number of carbonyl (C=O) groups excluding carboxylic acids is 1. The van der Waals surface area contributed by atoms with Gasteiger partial charge in [0.25, 0.3) is 11.5 Å². The number of aryl methyl sites for hydroxylation is 1. The smallest absolute Gasteiger partial charge is 0.274 e. The van der Waals surface area contributed by atoms with Gasteiger partial charge in [-0.25, -0.2) is 4.39 Å². The fourth-order valence-corrected chi connectivity index (χ4v) is 8.60. The lowest BCUT2D eigenvalue weighted by atomic mass is 9.89. The van der Waals surface area contributed by atoms with Gasteiger partial charge < -0.3 is 19.9 Å². The molecule has 4 aromatic rings. The Bertz CT molecular complexity index is 1870. The number of hydrogen-bond acceptors (Lipinski definition) is 6. The highest BCUT2D eigenvalue weighted by Crippen LogP contribution is 2.46. The van der Waals surface area contributed by atoms with Gasteiger partial charge in [-0.15, -0.1) is 11.3 Å². The summed E-state index contributed by atoms with van der Waals surface area (Å²) in [5, 5.41) is 13.9. The first-order valence-electron chi connectivity index (χ1n) is 14.7. The Labute approximate surface area is 254 Å². The Balaban J connectivity index is 1.26. The second-order valence-corrected chi connectivity index (χ2v) is 14.1. The molecule has 7 nitrogen and oxygen atoms in total. The zero-order valence-electron chi connectivity index (χ0n) is 24.9. The van der Waals surface area contributed by atoms with Crippen LogP contribution >= 0.6 is 11.3 Å². The van der Waals surface area contributed by atoms with Gasteiger partial charge in [0.2, 0.25) is 0 Å². The highest BCUT2D eigenvalue weighted by Gasteiger charge is 2.38. The maximum Gasteiger partial charge on any atom is 0.274 e. The highest BCUT2D eigenvalue weighted by molar-refractivity contribution is 7.14. The summed E-state index contributed by atoms with van der Waals surface area (Å²) in [6.45, 7) is 6.29. The molecular weight excluding hydrogens is 563 g/mol. The van der Waals surface area contributed by atoms with E-state index in [4.69, 9.17) is 0 Å². The van der Waals surface area contributed by atoms with Crippen LogP contribution in [0.3, 0.4) is 0 Å². The monoisotopic (exact) mass is 598 g/mol. The van der Waals surface area contributed by atoms with Gasteiger partial charge in [-0.1, -0.05) is 19.9 Å². The summed E-state index contributed by atoms with van der Waals surface area (Å²) >= 11 is 1.57. The van der Waals surface area contributed by atoms with Gasteiger partial charge in [0.05, 0.1) is 17.2 Å². The molecular formula is C34H35FN4O3S. The lowest BCUT2D eigenvalue weighted by Gasteiger charge is -2.30. The van der Waals surface area contributed by atoms with Crippen LogP contribution in [-0.4, -0.2) is 34.1 Å². The molecule has 0 fully saturated rings. The van der Waals surface area contributed by atoms with E-state index in [0.717, 1.165) is 42.1 Å². The number of nitrogens with zero attached hydrogens (tertiary/aromatic N) is 3. The largest absolute Gasteiger partial charge is 0.392 e. The zero-order chi connectivity index (χ0) is 30.2. The number of aliphatic hydroxyl groups excluding tert-OH is 1. The minimum absolute atomic E-state index is 0.144. The topological polar surface area (TPSA) is 77.8 Å². The van der Waals surface area contributed by atoms with E-state index in [2.05, 4.69) is 43.2 Å². The highest BCUT2D eigenvalue weighted by atomic mass is 32.1. The molecule has 43 heavy (non-hydrogen) atoms. The van der Waals surface area contributed by atoms with E-state index in [0.29, 0.717) is 41.0 Å². The maximum atomic E-state index is 15.3. The van der Waals surface area contributed by atoms with Crippen molar-refractivity contribution in [1.82, 2.24) is 9.47 Å². The van der Waals surface area contributed by atoms with Crippen LogP contribution in [0.4, 0.5) is 21.5 Å². The average molecular weight is 599 g/mol. The quantitative estimate of drug-likeness (QED) is 0.306. The third-order valence-electron chi connectivity index (χ3n) is 9.02. The van der Waals surface area contributed by atoms with Crippen molar-refractivity contribution >= 4 is 34.3 Å². The van der Waals surface area contributed by atoms with Crippen molar-refractivity contribution in [3.63, 3.8) is 0 Å². The van der Waals surface area contributed by atoms with E-state index in [-0.39, 0.29) is 23.5 Å². The minimum Gasteiger partial charge on any atom is -0.392 e. The van der Waals surface area contributed by atoms with Gasteiger partial charge in [0.1, 0.15) is 11.5 Å². The predicted molar refractivity (Wildman–Crippen MR) is 169 cm³/mol. The molecule has 0 unspecified atom stereocenters. The fourth-order valence-electron chi connectivity index (χ4n) is 7.02. The number of anilines is 3. The summed E-state index contributed by atoms with van der Waals surface area (Å²) in [7, 11) is 3.72. The SMILES string of the molecule is CN1Cc2ccc(Nc3cc(-c4cc(F)cc(N5CCc6c(sc7c6CC(C)(C)C7)C5=O)c4CO)cn(C)c3=O)cc2C1. The van der Waals surface area contributed by atoms with Crippen molar-refractivity contribution in [1.29, 1.82) is 0 Å². The number of amides is 1. The molecule has 0 atom stereocenters. The maximum absolute atomic E-state index is 15.3. The number of halogens is 1. The summed E-state index contributed by atoms with van der Waals surface area (Å²) in [4.78, 5) is 32.9. The molecule has 2 aliphatic heterocycles. The molecule has 9 heteroatoms. The lowest BCUT2D eigenvalue weighted by Crippen LogP contribution is -2.38. The summed E-state index contributed by atoms with van der Waals surface area (Å²) in [5.74, 6) is -0.655. The summed E-state index contributed by atoms with van der Waals surface area (Å²) in [5.41, 5.74) is 7.90. The Kier molecular flexibility index (Phi) is 6.61. The molecule has 0 saturated heterocycles. The molecule has 7 rings (SSSR count). The third-order valence-corrected chi connectivity index (χ3v) is 10.3. The van der Waals surface area contributed by atoms with Crippen molar-refractivity contribution in [2.45, 2.75) is 52.8 Å². The van der Waals surface area contributed by atoms with Gasteiger partial charge in [-0.05, 0) is 89.9 Å². The molecule has 2 N–H and O–H groups in total. The van der Waals surface area contributed by atoms with Gasteiger partial charge in [-0.3, -0.25) is 14.5 Å². The fraction of sp³-hybridized carbons (Fsp3) is 0.353. The Morgan fingerprint density at radius 2 is 1.81 bits per heavy atom. The molecule has 2 aromatic carbocycles. The van der Waals surface area contributed by atoms with Crippen molar-refractivity contribution in [3.05, 3.63) is 96.3 Å². The molecule has 3 aliphatic rings. The molecule has 0 saturated carbocycles. The van der Waals surface area contributed by atoms with Gasteiger partial charge in [-0.2, -0.15) is 0 Å². The van der Waals surface area contributed by atoms with Crippen LogP contribution in [0.5, 0.6) is 0 Å². The lowest BCUT2D eigenvalue weighted by molar-refractivity contribution is 0.0984. The van der Waals surface area contributed by atoms with E-state index < -0.39 is 5.82 Å². The number of aromatic nitrogens is 1. The molecule has 0 spiro atoms. The zero-order valence-corrected chi connectivity index (χ0v) is 25.7. The molecule has 2 aromatic heterocycles. The standard InChI is InChI=1S/C34H35FN4O3S/c1-34(2)13-26-24-7-8-39(33(42)31(24)43-30(26)14-34)29-12-22(35)11-25(27(29)18-40)21-10-28(32(41)38(4)17-21)36-23-6-5-19-15-37(3)16-20(19)9-23/h5-6,9-12,17,36,40H,7-8,13-16,18H2,1-4H3. The van der Waals surface area contributed by atoms with E-state index in [1.807, 2.05) is 6.07 Å². The molecule has 4 heterocycles. The van der Waals surface area contributed by atoms with Crippen molar-refractivity contribution in [2.24, 2.45) is 12.5 Å². The van der Waals surface area contributed by atoms with Crippen molar-refractivity contribution < 1.29 is 14.3 Å². The number of carbonyl (C=O) groups is 1. The Morgan fingerprint density at radius 3 is 2.60 bits per heavy atom. The number of thiophene rings is 1. The number of fused-ring (bicyclic) bond motifs is 4. The first-order valence-corrected chi connectivity index (χ1v) is 15.5. The predicted octanol–water partition coefficient (Wildman–Crippen LogP) is 5.76. The summed E-state index contributed by atoms with van der Waals surface area (Å²) in [6.07, 6.45) is 4.28. The number of aliphatic hydroxyl groups is 1. The van der Waals surface area contributed by atoms with Crippen LogP contribution in [0.25, 0.3) is 11.1 Å². The normalized spacial score (nSPS) is 17.3. The van der Waals surface area contributed by atoms with E-state index >= 15 is 4.39 Å². The van der Waals surface area contributed by atoms with E-state index in [1.54, 1.807) is 35.5 Å². The number of pyridine rings is 1. The van der Waals surface area contributed by atoms with Crippen LogP contribution < -0.4 is 15.8 Å². The first kappa shape index (κ1) is 28.0. The number of nitrogens with one attached hydrogen (secondary N) is 1. The number of rotatable bonds is 5. The first-order chi connectivity index (χ1) is 20.5. The molecule has 1 amide bonds. The van der Waals surface area contributed by atoms with Crippen molar-refractivity contribution in [2.75, 3.05) is 23.8 Å². The molecule has 0 radical (unpaired) electrons. The van der Waals surface area contributed by atoms with Crippen LogP contribution in [0.1, 0.15) is 56.2 Å². The number of benzene rings is 2. The second kappa shape index (κ2) is 10.1. The van der Waals surface area contributed by atoms with Crippen LogP contribution in [0.2, 0.25) is 0 Å². The van der Waals surface area contributed by atoms with Crippen LogP contribution in [0.15, 0.2) is 47.4 Å². The Morgan fingerprint density at radius 1 is 1.02 bits per heavy atom. The minimum atomic E-state index is -0.512. The third kappa shape index (κ3) is 4.80. The summed E-state index contributed by atoms with van der Waals surface area (Å²) in [6, 6.07) is 10.5. The van der Waals surface area contributed by atoms with E-state index in [1.165, 1.54) is 38.3 Å². The molecule has 0 bridgehead atoms. The molecule has 1 aliphatic carbocycles.